The Balaban J connectivity index is 2.05. The second-order valence-electron chi connectivity index (χ2n) is 7.37. The van der Waals surface area contributed by atoms with E-state index in [-0.39, 0.29) is 25.2 Å². The minimum atomic E-state index is -5.12. The van der Waals surface area contributed by atoms with Gasteiger partial charge in [0, 0.05) is 24.7 Å². The van der Waals surface area contributed by atoms with Crippen LogP contribution in [0.15, 0.2) is 54.1 Å². The van der Waals surface area contributed by atoms with Crippen LogP contribution in [0.2, 0.25) is 0 Å². The van der Waals surface area contributed by atoms with Gasteiger partial charge in [0.15, 0.2) is 6.10 Å². The van der Waals surface area contributed by atoms with Gasteiger partial charge < -0.3 is 24.1 Å². The van der Waals surface area contributed by atoms with Gasteiger partial charge in [-0.05, 0) is 55.3 Å². The predicted molar refractivity (Wildman–Crippen MR) is 119 cm³/mol. The van der Waals surface area contributed by atoms with Crippen LogP contribution < -0.4 is 14.2 Å². The molecule has 0 fully saturated rings. The van der Waals surface area contributed by atoms with Crippen molar-refractivity contribution in [2.45, 2.75) is 39.1 Å². The van der Waals surface area contributed by atoms with Crippen LogP contribution in [0, 0.1) is 11.8 Å². The van der Waals surface area contributed by atoms with E-state index in [2.05, 4.69) is 21.3 Å². The fourth-order valence-corrected chi connectivity index (χ4v) is 2.87. The first-order valence-electron chi connectivity index (χ1n) is 10.7. The molecular weight excluding hydrogens is 510 g/mol. The van der Waals surface area contributed by atoms with Crippen molar-refractivity contribution in [1.82, 2.24) is 0 Å². The van der Waals surface area contributed by atoms with Crippen molar-refractivity contribution in [1.29, 1.82) is 0 Å². The van der Waals surface area contributed by atoms with E-state index >= 15 is 0 Å². The predicted octanol–water partition coefficient (Wildman–Crippen LogP) is 5.89. The van der Waals surface area contributed by atoms with Crippen LogP contribution in [0.1, 0.15) is 25.0 Å². The number of rotatable bonds is 10. The number of allylic oxidation sites excluding steroid dienone is 1. The molecule has 1 atom stereocenters. The van der Waals surface area contributed by atoms with Crippen molar-refractivity contribution in [3.63, 3.8) is 0 Å². The van der Waals surface area contributed by atoms with E-state index < -0.39 is 36.3 Å². The van der Waals surface area contributed by atoms with Crippen LogP contribution in [-0.4, -0.2) is 43.1 Å². The standard InChI is InChI=1S/C25H22F6O6/c1-3-34-22(23(32)33)14-17-6-8-19(9-7-17)35-11-10-16(2)4-5-18-12-20(36-24(26,27)28)15-21(13-18)37-25(29,30)31/h6-10,12-13,15,22H,3,11,14H2,1-2H3,(H,32,33)/b16-10+/t22-/m0/s1. The lowest BCUT2D eigenvalue weighted by Crippen LogP contribution is -2.26. The second kappa shape index (κ2) is 12.9. The Morgan fingerprint density at radius 2 is 1.54 bits per heavy atom. The molecule has 0 aliphatic rings. The SMILES string of the molecule is CCO[C@@H](Cc1ccc(OC/C=C(\C)C#Cc2cc(OC(F)(F)F)cc(OC(F)(F)F)c2)cc1)C(=O)O. The maximum absolute atomic E-state index is 12.5. The van der Waals surface area contributed by atoms with E-state index in [1.807, 2.05) is 0 Å². The number of aliphatic carboxylic acids is 1. The number of hydrogen-bond acceptors (Lipinski definition) is 5. The van der Waals surface area contributed by atoms with E-state index in [4.69, 9.17) is 14.6 Å². The molecular formula is C25H22F6O6. The normalized spacial score (nSPS) is 12.8. The van der Waals surface area contributed by atoms with Crippen LogP contribution >= 0.6 is 0 Å². The average Bonchev–Trinajstić information content (AvgIpc) is 2.76. The fourth-order valence-electron chi connectivity index (χ4n) is 2.87. The van der Waals surface area contributed by atoms with E-state index in [1.165, 1.54) is 0 Å². The Kier molecular flexibility index (Phi) is 10.3. The second-order valence-corrected chi connectivity index (χ2v) is 7.37. The van der Waals surface area contributed by atoms with Crippen LogP contribution in [0.25, 0.3) is 0 Å². The molecule has 37 heavy (non-hydrogen) atoms. The molecule has 0 saturated carbocycles. The molecule has 200 valence electrons. The zero-order valence-electron chi connectivity index (χ0n) is 19.6. The zero-order valence-corrected chi connectivity index (χ0v) is 19.6. The number of ether oxygens (including phenoxy) is 4. The molecule has 12 heteroatoms. The molecule has 0 aromatic heterocycles. The first kappa shape index (κ1) is 29.4. The van der Waals surface area contributed by atoms with Gasteiger partial charge in [0.05, 0.1) is 0 Å². The summed E-state index contributed by atoms with van der Waals surface area (Å²) < 4.78 is 93.1. The molecule has 0 saturated heterocycles. The minimum absolute atomic E-state index is 0.0657. The highest BCUT2D eigenvalue weighted by atomic mass is 19.4. The van der Waals surface area contributed by atoms with Gasteiger partial charge in [0.1, 0.15) is 23.9 Å². The van der Waals surface area contributed by atoms with Gasteiger partial charge in [0.25, 0.3) is 0 Å². The number of carboxylic acid groups (broad SMARTS) is 1. The molecule has 0 radical (unpaired) electrons. The maximum atomic E-state index is 12.5. The average molecular weight is 532 g/mol. The van der Waals surface area contributed by atoms with Crippen LogP contribution in [0.4, 0.5) is 26.3 Å². The highest BCUT2D eigenvalue weighted by molar-refractivity contribution is 5.72. The Morgan fingerprint density at radius 3 is 2.03 bits per heavy atom. The largest absolute Gasteiger partial charge is 0.573 e. The lowest BCUT2D eigenvalue weighted by molar-refractivity contribution is -0.276. The molecule has 2 aromatic rings. The Labute approximate surface area is 208 Å². The summed E-state index contributed by atoms with van der Waals surface area (Å²) in [5.41, 5.74) is 0.964. The van der Waals surface area contributed by atoms with Gasteiger partial charge >= 0.3 is 18.7 Å². The molecule has 0 bridgehead atoms. The summed E-state index contributed by atoms with van der Waals surface area (Å²) in [6.45, 7) is 3.60. The van der Waals surface area contributed by atoms with Gasteiger partial charge in [-0.1, -0.05) is 24.0 Å². The van der Waals surface area contributed by atoms with Gasteiger partial charge in [0.2, 0.25) is 0 Å². The third-order valence-electron chi connectivity index (χ3n) is 4.38. The number of carbonyl (C=O) groups is 1. The van der Waals surface area contributed by atoms with Crippen LogP contribution in [-0.2, 0) is 16.0 Å². The third-order valence-corrected chi connectivity index (χ3v) is 4.38. The van der Waals surface area contributed by atoms with Crippen molar-refractivity contribution in [3.05, 3.63) is 65.2 Å². The molecule has 0 amide bonds. The van der Waals surface area contributed by atoms with Crippen LogP contribution in [0.3, 0.4) is 0 Å². The summed E-state index contributed by atoms with van der Waals surface area (Å²) in [6, 6.07) is 8.78. The Hall–Kier alpha value is -3.85. The molecule has 6 nitrogen and oxygen atoms in total. The molecule has 2 rings (SSSR count). The summed E-state index contributed by atoms with van der Waals surface area (Å²) in [5.74, 6) is 2.66. The third kappa shape index (κ3) is 11.6. The fraction of sp³-hybridized carbons (Fsp3) is 0.320. The highest BCUT2D eigenvalue weighted by Gasteiger charge is 2.33. The van der Waals surface area contributed by atoms with Gasteiger partial charge in [-0.3, -0.25) is 0 Å². The Morgan fingerprint density at radius 1 is 0.973 bits per heavy atom. The summed E-state index contributed by atoms with van der Waals surface area (Å²) >= 11 is 0. The molecule has 0 aliphatic carbocycles. The number of hydrogen-bond donors (Lipinski definition) is 1. The highest BCUT2D eigenvalue weighted by Crippen LogP contribution is 2.31. The number of alkyl halides is 6. The van der Waals surface area contributed by atoms with E-state index in [9.17, 15) is 31.1 Å². The zero-order chi connectivity index (χ0) is 27.6. The van der Waals surface area contributed by atoms with Gasteiger partial charge in [-0.25, -0.2) is 4.79 Å². The molecule has 2 aromatic carbocycles. The van der Waals surface area contributed by atoms with Crippen molar-refractivity contribution < 1.29 is 55.2 Å². The van der Waals surface area contributed by atoms with Crippen LogP contribution in [0.5, 0.6) is 17.2 Å². The Bertz CT molecular complexity index is 1110. The first-order valence-corrected chi connectivity index (χ1v) is 10.7. The lowest BCUT2D eigenvalue weighted by Gasteiger charge is -2.13. The summed E-state index contributed by atoms with van der Waals surface area (Å²) in [6.07, 6.45) is -9.46. The molecule has 1 N–H and O–H groups in total. The topological polar surface area (TPSA) is 74.2 Å². The number of benzene rings is 2. The summed E-state index contributed by atoms with van der Waals surface area (Å²) in [7, 11) is 0. The van der Waals surface area contributed by atoms with E-state index in [0.717, 1.165) is 17.7 Å². The van der Waals surface area contributed by atoms with E-state index in [0.29, 0.717) is 17.4 Å². The molecule has 0 spiro atoms. The van der Waals surface area contributed by atoms with Gasteiger partial charge in [-0.2, -0.15) is 0 Å². The van der Waals surface area contributed by atoms with Crippen molar-refractivity contribution in [2.75, 3.05) is 13.2 Å². The van der Waals surface area contributed by atoms with E-state index in [1.54, 1.807) is 44.2 Å². The first-order chi connectivity index (χ1) is 17.2. The van der Waals surface area contributed by atoms with Crippen molar-refractivity contribution >= 4 is 5.97 Å². The molecule has 0 unspecified atom stereocenters. The quantitative estimate of drug-likeness (QED) is 0.304. The van der Waals surface area contributed by atoms with Crippen molar-refractivity contribution in [3.8, 4) is 29.1 Å². The monoisotopic (exact) mass is 532 g/mol. The number of carboxylic acids is 1. The minimum Gasteiger partial charge on any atom is -0.490 e. The smallest absolute Gasteiger partial charge is 0.490 e. The summed E-state index contributed by atoms with van der Waals surface area (Å²) in [5, 5.41) is 9.15. The lowest BCUT2D eigenvalue weighted by atomic mass is 10.1. The number of halogens is 6. The maximum Gasteiger partial charge on any atom is 0.573 e. The van der Waals surface area contributed by atoms with Crippen molar-refractivity contribution in [2.24, 2.45) is 0 Å². The molecule has 0 heterocycles. The summed E-state index contributed by atoms with van der Waals surface area (Å²) in [4.78, 5) is 11.2. The molecule has 0 aliphatic heterocycles. The van der Waals surface area contributed by atoms with Gasteiger partial charge in [-0.15, -0.1) is 26.3 Å².